The minimum absolute atomic E-state index is 0.0451. The predicted molar refractivity (Wildman–Crippen MR) is 84.1 cm³/mol. The van der Waals surface area contributed by atoms with Crippen molar-refractivity contribution in [1.82, 2.24) is 0 Å². The second-order valence-electron chi connectivity index (χ2n) is 8.09. The van der Waals surface area contributed by atoms with E-state index in [0.29, 0.717) is 23.9 Å². The summed E-state index contributed by atoms with van der Waals surface area (Å²) >= 11 is 0. The van der Waals surface area contributed by atoms with E-state index in [-0.39, 0.29) is 17.3 Å². The molecule has 2 aliphatic carbocycles. The van der Waals surface area contributed by atoms with Gasteiger partial charge in [0.2, 0.25) is 0 Å². The van der Waals surface area contributed by atoms with E-state index < -0.39 is 0 Å². The first kappa shape index (κ1) is 14.0. The van der Waals surface area contributed by atoms with Crippen LogP contribution in [0.15, 0.2) is 24.3 Å². The Hall–Kier alpha value is -0.600. The van der Waals surface area contributed by atoms with Crippen molar-refractivity contribution in [3.8, 4) is 0 Å². The summed E-state index contributed by atoms with van der Waals surface area (Å²) in [6.07, 6.45) is 15.7. The van der Waals surface area contributed by atoms with Crippen LogP contribution in [0.4, 0.5) is 0 Å². The SMILES string of the molecule is CC(C)C12CCC(C)(O1)[C@H](OC1CCC3C=CC=CC31)C2. The van der Waals surface area contributed by atoms with Gasteiger partial charge in [-0.15, -0.1) is 0 Å². The molecule has 116 valence electrons. The van der Waals surface area contributed by atoms with E-state index in [1.54, 1.807) is 0 Å². The van der Waals surface area contributed by atoms with Gasteiger partial charge in [0.15, 0.2) is 0 Å². The highest BCUT2D eigenvalue weighted by atomic mass is 16.6. The molecule has 2 aliphatic heterocycles. The van der Waals surface area contributed by atoms with Gasteiger partial charge >= 0.3 is 0 Å². The number of ether oxygens (including phenoxy) is 2. The molecule has 0 amide bonds. The van der Waals surface area contributed by atoms with Crippen molar-refractivity contribution in [2.24, 2.45) is 17.8 Å². The molecule has 0 aromatic rings. The standard InChI is InChI=1S/C19H28O2/c1-13(2)19-11-10-18(3,21-19)17(12-19)20-16-9-8-14-6-4-5-7-15(14)16/h4-7,13-17H,8-12H2,1-3H3/t14?,15?,16?,17-,18?,19?/m1/s1. The van der Waals surface area contributed by atoms with E-state index in [1.165, 1.54) is 19.3 Å². The van der Waals surface area contributed by atoms with Crippen molar-refractivity contribution in [3.05, 3.63) is 24.3 Å². The van der Waals surface area contributed by atoms with Crippen LogP contribution in [0.1, 0.15) is 52.9 Å². The molecule has 6 atom stereocenters. The van der Waals surface area contributed by atoms with Gasteiger partial charge in [0.25, 0.3) is 0 Å². The Morgan fingerprint density at radius 3 is 2.71 bits per heavy atom. The zero-order valence-electron chi connectivity index (χ0n) is 13.5. The largest absolute Gasteiger partial charge is 0.371 e. The van der Waals surface area contributed by atoms with Crippen molar-refractivity contribution < 1.29 is 9.47 Å². The molecule has 0 spiro atoms. The first-order valence-electron chi connectivity index (χ1n) is 8.73. The summed E-state index contributed by atoms with van der Waals surface area (Å²) in [4.78, 5) is 0. The Morgan fingerprint density at radius 1 is 1.14 bits per heavy atom. The molecule has 5 unspecified atom stereocenters. The molecular formula is C19H28O2. The molecule has 2 heterocycles. The van der Waals surface area contributed by atoms with Gasteiger partial charge in [-0.2, -0.15) is 0 Å². The number of hydrogen-bond donors (Lipinski definition) is 0. The van der Waals surface area contributed by atoms with E-state index >= 15 is 0 Å². The van der Waals surface area contributed by atoms with Crippen LogP contribution in [-0.2, 0) is 9.47 Å². The summed E-state index contributed by atoms with van der Waals surface area (Å²) in [7, 11) is 0. The van der Waals surface area contributed by atoms with Crippen LogP contribution < -0.4 is 0 Å². The molecule has 0 N–H and O–H groups in total. The van der Waals surface area contributed by atoms with Crippen LogP contribution in [0.25, 0.3) is 0 Å². The normalized spacial score (nSPS) is 51.0. The molecule has 0 aromatic heterocycles. The minimum atomic E-state index is -0.0451. The predicted octanol–water partition coefficient (Wildman–Crippen LogP) is 4.26. The molecule has 0 radical (unpaired) electrons. The molecule has 3 fully saturated rings. The quantitative estimate of drug-likeness (QED) is 0.772. The van der Waals surface area contributed by atoms with Crippen LogP contribution in [0, 0.1) is 17.8 Å². The third kappa shape index (κ3) is 2.06. The highest BCUT2D eigenvalue weighted by molar-refractivity contribution is 5.18. The first-order chi connectivity index (χ1) is 10.0. The minimum Gasteiger partial charge on any atom is -0.371 e. The number of fused-ring (bicyclic) bond motifs is 3. The molecule has 21 heavy (non-hydrogen) atoms. The van der Waals surface area contributed by atoms with E-state index in [1.807, 2.05) is 0 Å². The van der Waals surface area contributed by atoms with Crippen molar-refractivity contribution in [3.63, 3.8) is 0 Å². The summed E-state index contributed by atoms with van der Waals surface area (Å²) < 4.78 is 13.2. The third-order valence-corrected chi connectivity index (χ3v) is 6.60. The molecule has 2 heteroatoms. The molecule has 4 aliphatic rings. The van der Waals surface area contributed by atoms with Crippen molar-refractivity contribution in [2.45, 2.75) is 76.3 Å². The van der Waals surface area contributed by atoms with Gasteiger partial charge in [0.05, 0.1) is 23.4 Å². The van der Waals surface area contributed by atoms with Crippen LogP contribution in [-0.4, -0.2) is 23.4 Å². The smallest absolute Gasteiger partial charge is 0.0924 e. The lowest BCUT2D eigenvalue weighted by atomic mass is 9.75. The van der Waals surface area contributed by atoms with Gasteiger partial charge in [0.1, 0.15) is 0 Å². The highest BCUT2D eigenvalue weighted by Crippen LogP contribution is 2.56. The summed E-state index contributed by atoms with van der Waals surface area (Å²) in [5.74, 6) is 1.88. The van der Waals surface area contributed by atoms with E-state index in [0.717, 1.165) is 12.8 Å². The van der Waals surface area contributed by atoms with Gasteiger partial charge in [-0.05, 0) is 44.4 Å². The van der Waals surface area contributed by atoms with Crippen LogP contribution in [0.2, 0.25) is 0 Å². The zero-order valence-corrected chi connectivity index (χ0v) is 13.5. The maximum Gasteiger partial charge on any atom is 0.0924 e. The van der Waals surface area contributed by atoms with Gasteiger partial charge in [-0.25, -0.2) is 0 Å². The van der Waals surface area contributed by atoms with Crippen molar-refractivity contribution >= 4 is 0 Å². The van der Waals surface area contributed by atoms with Crippen LogP contribution >= 0.6 is 0 Å². The average molecular weight is 288 g/mol. The van der Waals surface area contributed by atoms with E-state index in [4.69, 9.17) is 9.47 Å². The number of allylic oxidation sites excluding steroid dienone is 3. The lowest BCUT2D eigenvalue weighted by Crippen LogP contribution is -2.41. The summed E-state index contributed by atoms with van der Waals surface area (Å²) in [5, 5.41) is 0. The molecule has 2 saturated heterocycles. The van der Waals surface area contributed by atoms with Crippen LogP contribution in [0.5, 0.6) is 0 Å². The highest BCUT2D eigenvalue weighted by Gasteiger charge is 2.61. The van der Waals surface area contributed by atoms with E-state index in [9.17, 15) is 0 Å². The van der Waals surface area contributed by atoms with Crippen molar-refractivity contribution in [2.75, 3.05) is 0 Å². The fraction of sp³-hybridized carbons (Fsp3) is 0.789. The number of hydrogen-bond acceptors (Lipinski definition) is 2. The van der Waals surface area contributed by atoms with Gasteiger partial charge in [-0.1, -0.05) is 38.2 Å². The fourth-order valence-corrected chi connectivity index (χ4v) is 5.04. The average Bonchev–Trinajstić information content (AvgIpc) is 3.10. The zero-order chi connectivity index (χ0) is 14.7. The van der Waals surface area contributed by atoms with E-state index in [2.05, 4.69) is 45.1 Å². The summed E-state index contributed by atoms with van der Waals surface area (Å²) in [6, 6.07) is 0. The lowest BCUT2D eigenvalue weighted by molar-refractivity contribution is -0.113. The monoisotopic (exact) mass is 288 g/mol. The maximum atomic E-state index is 6.64. The van der Waals surface area contributed by atoms with Gasteiger partial charge in [-0.3, -0.25) is 0 Å². The molecule has 1 saturated carbocycles. The maximum absolute atomic E-state index is 6.64. The fourth-order valence-electron chi connectivity index (χ4n) is 5.04. The lowest BCUT2D eigenvalue weighted by Gasteiger charge is -2.34. The topological polar surface area (TPSA) is 18.5 Å². The van der Waals surface area contributed by atoms with Crippen molar-refractivity contribution in [1.29, 1.82) is 0 Å². The second-order valence-corrected chi connectivity index (χ2v) is 8.09. The van der Waals surface area contributed by atoms with Crippen LogP contribution in [0.3, 0.4) is 0 Å². The Kier molecular flexibility index (Phi) is 3.14. The first-order valence-corrected chi connectivity index (χ1v) is 8.73. The Labute approximate surface area is 128 Å². The Bertz CT molecular complexity index is 480. The Morgan fingerprint density at radius 2 is 1.95 bits per heavy atom. The Balaban J connectivity index is 1.49. The second kappa shape index (κ2) is 4.70. The molecule has 4 rings (SSSR count). The van der Waals surface area contributed by atoms with Gasteiger partial charge < -0.3 is 9.47 Å². The number of rotatable bonds is 3. The molecule has 2 bridgehead atoms. The molecular weight excluding hydrogens is 260 g/mol. The molecule has 2 nitrogen and oxygen atoms in total. The summed E-state index contributed by atoms with van der Waals surface area (Å²) in [5.41, 5.74) is 0.0380. The van der Waals surface area contributed by atoms with Gasteiger partial charge in [0, 0.05) is 12.3 Å². The third-order valence-electron chi connectivity index (χ3n) is 6.60. The molecule has 0 aromatic carbocycles. The summed E-state index contributed by atoms with van der Waals surface area (Å²) in [6.45, 7) is 6.88.